The lowest BCUT2D eigenvalue weighted by molar-refractivity contribution is 0.0928. The Kier molecular flexibility index (Phi) is 4.45. The average Bonchev–Trinajstić information content (AvgIpc) is 2.48. The van der Waals surface area contributed by atoms with Gasteiger partial charge in [-0.3, -0.25) is 9.78 Å². The zero-order valence-corrected chi connectivity index (χ0v) is 11.6. The van der Waals surface area contributed by atoms with Crippen LogP contribution in [0.4, 0.5) is 10.1 Å². The highest BCUT2D eigenvalue weighted by atomic mass is 19.1. The number of benzene rings is 1. The van der Waals surface area contributed by atoms with E-state index in [1.54, 1.807) is 0 Å². The normalized spacial score (nSPS) is 11.9. The summed E-state index contributed by atoms with van der Waals surface area (Å²) in [5.74, 6) is -0.721. The van der Waals surface area contributed by atoms with Crippen molar-refractivity contribution in [2.45, 2.75) is 6.92 Å². The van der Waals surface area contributed by atoms with Gasteiger partial charge in [-0.15, -0.1) is 0 Å². The summed E-state index contributed by atoms with van der Waals surface area (Å²) >= 11 is 0. The first-order valence-corrected chi connectivity index (χ1v) is 6.50. The monoisotopic (exact) mass is 272 g/mol. The minimum atomic E-state index is -0.435. The Labute approximate surface area is 118 Å². The first-order chi connectivity index (χ1) is 9.58. The Morgan fingerprint density at radius 1 is 1.25 bits per heavy atom. The van der Waals surface area contributed by atoms with Gasteiger partial charge in [-0.05, 0) is 24.3 Å². The zero-order chi connectivity index (χ0) is 14.5. The first kappa shape index (κ1) is 14.2. The molecule has 0 saturated carbocycles. The lowest BCUT2D eigenvalue weighted by atomic mass is 10.0. The maximum Gasteiger partial charge on any atom is 0.185 e. The first-order valence-electron chi connectivity index (χ1n) is 6.50. The molecule has 1 unspecified atom stereocenters. The average molecular weight is 272 g/mol. The molecule has 1 aromatic heterocycles. The molecule has 2 rings (SSSR count). The molecular formula is C16H17FN2O. The Bertz CT molecular complexity index is 569. The number of ketones is 1. The number of carbonyl (C=O) groups is 1. The van der Waals surface area contributed by atoms with Gasteiger partial charge < -0.3 is 4.90 Å². The van der Waals surface area contributed by atoms with Crippen molar-refractivity contribution in [1.29, 1.82) is 0 Å². The van der Waals surface area contributed by atoms with Crippen LogP contribution >= 0.6 is 0 Å². The van der Waals surface area contributed by atoms with Crippen LogP contribution in [-0.2, 0) is 0 Å². The van der Waals surface area contributed by atoms with Crippen LogP contribution in [0.15, 0.2) is 48.7 Å². The van der Waals surface area contributed by atoms with E-state index in [0.717, 1.165) is 11.9 Å². The van der Waals surface area contributed by atoms with Gasteiger partial charge in [0.15, 0.2) is 5.78 Å². The van der Waals surface area contributed by atoms with E-state index in [9.17, 15) is 9.18 Å². The number of para-hydroxylation sites is 1. The molecule has 0 bridgehead atoms. The molecule has 1 heterocycles. The van der Waals surface area contributed by atoms with Crippen molar-refractivity contribution in [1.82, 2.24) is 4.98 Å². The molecule has 0 N–H and O–H groups in total. The fourth-order valence-corrected chi connectivity index (χ4v) is 2.06. The van der Waals surface area contributed by atoms with Crippen LogP contribution in [-0.4, -0.2) is 24.4 Å². The van der Waals surface area contributed by atoms with Gasteiger partial charge in [-0.2, -0.15) is 0 Å². The molecule has 20 heavy (non-hydrogen) atoms. The quantitative estimate of drug-likeness (QED) is 0.784. The molecule has 0 aliphatic heterocycles. The number of halogens is 1. The van der Waals surface area contributed by atoms with Crippen LogP contribution in [0.25, 0.3) is 0 Å². The molecule has 2 aromatic rings. The van der Waals surface area contributed by atoms with E-state index in [2.05, 4.69) is 4.98 Å². The second-order valence-corrected chi connectivity index (χ2v) is 4.84. The van der Waals surface area contributed by atoms with E-state index in [4.69, 9.17) is 0 Å². The van der Waals surface area contributed by atoms with E-state index >= 15 is 0 Å². The molecular weight excluding hydrogens is 255 g/mol. The third kappa shape index (κ3) is 3.41. The molecule has 0 radical (unpaired) electrons. The number of hydrogen-bond donors (Lipinski definition) is 0. The van der Waals surface area contributed by atoms with E-state index < -0.39 is 5.82 Å². The topological polar surface area (TPSA) is 33.2 Å². The summed E-state index contributed by atoms with van der Waals surface area (Å²) in [4.78, 5) is 18.1. The summed E-state index contributed by atoms with van der Waals surface area (Å²) in [6.07, 6.45) is 1.07. The van der Waals surface area contributed by atoms with Crippen LogP contribution in [0.5, 0.6) is 0 Å². The van der Waals surface area contributed by atoms with Crippen LogP contribution in [0.3, 0.4) is 0 Å². The lowest BCUT2D eigenvalue weighted by Crippen LogP contribution is -2.29. The van der Waals surface area contributed by atoms with Crippen LogP contribution in [0.2, 0.25) is 0 Å². The van der Waals surface area contributed by atoms with E-state index in [1.165, 1.54) is 12.1 Å². The van der Waals surface area contributed by atoms with Gasteiger partial charge in [-0.25, -0.2) is 4.39 Å². The molecule has 0 saturated heterocycles. The number of Topliss-reactive ketones (excluding diaryl/α,β-unsaturated/α-hetero) is 1. The number of anilines is 1. The summed E-state index contributed by atoms with van der Waals surface area (Å²) in [6, 6.07) is 12.5. The van der Waals surface area contributed by atoms with Crippen LogP contribution in [0, 0.1) is 11.7 Å². The molecule has 1 atom stereocenters. The maximum absolute atomic E-state index is 12.8. The minimum absolute atomic E-state index is 0.0761. The van der Waals surface area contributed by atoms with Gasteiger partial charge in [0.25, 0.3) is 0 Å². The summed E-state index contributed by atoms with van der Waals surface area (Å²) in [5.41, 5.74) is 1.36. The smallest absolute Gasteiger partial charge is 0.185 e. The van der Waals surface area contributed by atoms with Gasteiger partial charge in [0.2, 0.25) is 0 Å². The van der Waals surface area contributed by atoms with Gasteiger partial charge in [0.05, 0.1) is 6.20 Å². The van der Waals surface area contributed by atoms with Gasteiger partial charge >= 0.3 is 0 Å². The van der Waals surface area contributed by atoms with Gasteiger partial charge in [-0.1, -0.05) is 25.1 Å². The van der Waals surface area contributed by atoms with Crippen molar-refractivity contribution < 1.29 is 9.18 Å². The van der Waals surface area contributed by atoms with Crippen molar-refractivity contribution in [3.63, 3.8) is 0 Å². The fraction of sp³-hybridized carbons (Fsp3) is 0.250. The minimum Gasteiger partial charge on any atom is -0.374 e. The maximum atomic E-state index is 12.8. The molecule has 0 spiro atoms. The SMILES string of the molecule is CC(CN(C)c1ccccc1)C(=O)c1ccc(F)cn1. The standard InChI is InChI=1S/C16H17FN2O/c1-12(11-19(2)14-6-4-3-5-7-14)16(20)15-9-8-13(17)10-18-15/h3-10,12H,11H2,1-2H3. The second kappa shape index (κ2) is 6.28. The van der Waals surface area contributed by atoms with Crippen molar-refractivity contribution in [2.24, 2.45) is 5.92 Å². The predicted molar refractivity (Wildman–Crippen MR) is 77.4 cm³/mol. The summed E-state index contributed by atoms with van der Waals surface area (Å²) in [6.45, 7) is 2.44. The number of nitrogens with zero attached hydrogens (tertiary/aromatic N) is 2. The molecule has 0 aliphatic carbocycles. The summed E-state index contributed by atoms with van der Waals surface area (Å²) < 4.78 is 12.8. The zero-order valence-electron chi connectivity index (χ0n) is 11.6. The summed E-state index contributed by atoms with van der Waals surface area (Å²) in [7, 11) is 1.94. The Morgan fingerprint density at radius 2 is 1.95 bits per heavy atom. The molecule has 0 fully saturated rings. The van der Waals surface area contributed by atoms with Gasteiger partial charge in [0.1, 0.15) is 11.5 Å². The van der Waals surface area contributed by atoms with E-state index in [-0.39, 0.29) is 11.7 Å². The number of pyridine rings is 1. The van der Waals surface area contributed by atoms with Crippen molar-refractivity contribution in [3.8, 4) is 0 Å². The molecule has 4 heteroatoms. The van der Waals surface area contributed by atoms with E-state index in [1.807, 2.05) is 49.2 Å². The number of rotatable bonds is 5. The third-order valence-corrected chi connectivity index (χ3v) is 3.17. The molecule has 3 nitrogen and oxygen atoms in total. The van der Waals surface area contributed by atoms with Crippen molar-refractivity contribution >= 4 is 11.5 Å². The third-order valence-electron chi connectivity index (χ3n) is 3.17. The van der Waals surface area contributed by atoms with E-state index in [0.29, 0.717) is 12.2 Å². The number of aromatic nitrogens is 1. The molecule has 104 valence electrons. The highest BCUT2D eigenvalue weighted by molar-refractivity contribution is 5.96. The molecule has 0 amide bonds. The second-order valence-electron chi connectivity index (χ2n) is 4.84. The Morgan fingerprint density at radius 3 is 2.55 bits per heavy atom. The number of carbonyl (C=O) groups excluding carboxylic acids is 1. The largest absolute Gasteiger partial charge is 0.374 e. The fourth-order valence-electron chi connectivity index (χ4n) is 2.06. The Balaban J connectivity index is 2.02. The number of hydrogen-bond acceptors (Lipinski definition) is 3. The lowest BCUT2D eigenvalue weighted by Gasteiger charge is -2.22. The van der Waals surface area contributed by atoms with Crippen molar-refractivity contribution in [3.05, 3.63) is 60.2 Å². The van der Waals surface area contributed by atoms with Crippen LogP contribution < -0.4 is 4.90 Å². The molecule has 1 aromatic carbocycles. The highest BCUT2D eigenvalue weighted by Gasteiger charge is 2.18. The van der Waals surface area contributed by atoms with Crippen molar-refractivity contribution in [2.75, 3.05) is 18.5 Å². The predicted octanol–water partition coefficient (Wildman–Crippen LogP) is 3.18. The highest BCUT2D eigenvalue weighted by Crippen LogP contribution is 2.15. The van der Waals surface area contributed by atoms with Gasteiger partial charge in [0, 0.05) is 25.2 Å². The summed E-state index contributed by atoms with van der Waals surface area (Å²) in [5, 5.41) is 0. The molecule has 0 aliphatic rings. The Hall–Kier alpha value is -2.23. The van der Waals surface area contributed by atoms with Crippen LogP contribution in [0.1, 0.15) is 17.4 Å².